The highest BCUT2D eigenvalue weighted by molar-refractivity contribution is 5.93. The van der Waals surface area contributed by atoms with Crippen molar-refractivity contribution in [1.29, 1.82) is 0 Å². The molecule has 0 aliphatic heterocycles. The molecule has 16 heavy (non-hydrogen) atoms. The zero-order chi connectivity index (χ0) is 11.5. The molecule has 0 saturated heterocycles. The number of rotatable bonds is 4. The van der Waals surface area contributed by atoms with Crippen molar-refractivity contribution in [3.05, 3.63) is 29.7 Å². The quantitative estimate of drug-likeness (QED) is 0.818. The Bertz CT molecular complexity index is 500. The van der Waals surface area contributed by atoms with Crippen LogP contribution in [0.15, 0.2) is 22.7 Å². The van der Waals surface area contributed by atoms with E-state index in [9.17, 15) is 4.79 Å². The molecular weight excluding hydrogens is 212 g/mol. The van der Waals surface area contributed by atoms with Gasteiger partial charge in [-0.1, -0.05) is 0 Å². The second kappa shape index (κ2) is 4.19. The molecule has 0 amide bonds. The van der Waals surface area contributed by atoms with Crippen LogP contribution in [-0.4, -0.2) is 28.4 Å². The number of carbonyl (C=O) groups is 1. The van der Waals surface area contributed by atoms with Gasteiger partial charge in [-0.15, -0.1) is 0 Å². The zero-order valence-electron chi connectivity index (χ0n) is 8.56. The summed E-state index contributed by atoms with van der Waals surface area (Å²) in [5.41, 5.74) is 0.438. The van der Waals surface area contributed by atoms with Crippen LogP contribution in [0.4, 0.5) is 0 Å². The van der Waals surface area contributed by atoms with Crippen LogP contribution < -0.4 is 0 Å². The molecule has 0 aliphatic rings. The van der Waals surface area contributed by atoms with Crippen molar-refractivity contribution in [1.82, 2.24) is 10.2 Å². The largest absolute Gasteiger partial charge is 0.478 e. The molecule has 2 aromatic heterocycles. The zero-order valence-corrected chi connectivity index (χ0v) is 8.56. The van der Waals surface area contributed by atoms with Gasteiger partial charge in [0.2, 0.25) is 0 Å². The van der Waals surface area contributed by atoms with Gasteiger partial charge in [-0.2, -0.15) is 5.10 Å². The van der Waals surface area contributed by atoms with Crippen molar-refractivity contribution in [2.75, 3.05) is 7.11 Å². The van der Waals surface area contributed by atoms with Crippen molar-refractivity contribution in [3.8, 4) is 11.5 Å². The number of hydrogen-bond acceptors (Lipinski definition) is 4. The number of aromatic nitrogens is 2. The van der Waals surface area contributed by atoms with Gasteiger partial charge in [0.15, 0.2) is 5.76 Å². The number of aromatic carboxylic acids is 1. The summed E-state index contributed by atoms with van der Waals surface area (Å²) < 4.78 is 10.3. The molecule has 0 unspecified atom stereocenters. The molecule has 0 radical (unpaired) electrons. The lowest BCUT2D eigenvalue weighted by atomic mass is 10.2. The van der Waals surface area contributed by atoms with Gasteiger partial charge >= 0.3 is 5.97 Å². The van der Waals surface area contributed by atoms with Gasteiger partial charge in [0.05, 0.1) is 6.20 Å². The van der Waals surface area contributed by atoms with Crippen LogP contribution in [0.25, 0.3) is 11.5 Å². The fourth-order valence-corrected chi connectivity index (χ4v) is 1.37. The number of hydrogen-bond donors (Lipinski definition) is 2. The molecule has 0 bridgehead atoms. The molecule has 2 heterocycles. The Morgan fingerprint density at radius 3 is 3.12 bits per heavy atom. The smallest absolute Gasteiger partial charge is 0.339 e. The molecule has 0 saturated carbocycles. The fraction of sp³-hybridized carbons (Fsp3) is 0.200. The minimum atomic E-state index is -1.05. The Hall–Kier alpha value is -2.08. The molecule has 0 fully saturated rings. The van der Waals surface area contributed by atoms with Crippen LogP contribution >= 0.6 is 0 Å². The van der Waals surface area contributed by atoms with Gasteiger partial charge in [-0.05, 0) is 12.1 Å². The van der Waals surface area contributed by atoms with Gasteiger partial charge in [0.25, 0.3) is 0 Å². The van der Waals surface area contributed by atoms with E-state index < -0.39 is 5.97 Å². The Labute approximate surface area is 90.8 Å². The third kappa shape index (κ3) is 1.82. The summed E-state index contributed by atoms with van der Waals surface area (Å²) in [5, 5.41) is 15.2. The molecule has 2 rings (SSSR count). The third-order valence-electron chi connectivity index (χ3n) is 2.06. The van der Waals surface area contributed by atoms with Crippen LogP contribution in [0.1, 0.15) is 16.1 Å². The minimum Gasteiger partial charge on any atom is -0.478 e. The summed E-state index contributed by atoms with van der Waals surface area (Å²) >= 11 is 0. The predicted octanol–water partition coefficient (Wildman–Crippen LogP) is 1.51. The van der Waals surface area contributed by atoms with Gasteiger partial charge in [0.1, 0.15) is 23.6 Å². The van der Waals surface area contributed by atoms with Crippen molar-refractivity contribution < 1.29 is 19.1 Å². The van der Waals surface area contributed by atoms with E-state index in [1.807, 2.05) is 0 Å². The molecule has 0 aliphatic carbocycles. The van der Waals surface area contributed by atoms with E-state index >= 15 is 0 Å². The predicted molar refractivity (Wildman–Crippen MR) is 54.0 cm³/mol. The van der Waals surface area contributed by atoms with E-state index in [-0.39, 0.29) is 5.56 Å². The highest BCUT2D eigenvalue weighted by atomic mass is 16.5. The average molecular weight is 222 g/mol. The highest BCUT2D eigenvalue weighted by Crippen LogP contribution is 2.23. The first-order chi connectivity index (χ1) is 7.72. The number of ether oxygens (including phenoxy) is 1. The molecule has 0 atom stereocenters. The molecule has 0 spiro atoms. The fourth-order valence-electron chi connectivity index (χ4n) is 1.37. The molecule has 2 N–H and O–H groups in total. The molecular formula is C10H10N2O4. The molecule has 6 nitrogen and oxygen atoms in total. The van der Waals surface area contributed by atoms with E-state index in [1.165, 1.54) is 6.20 Å². The molecule has 0 aromatic carbocycles. The first-order valence-corrected chi connectivity index (χ1v) is 4.57. The first kappa shape index (κ1) is 10.4. The number of furan rings is 1. The minimum absolute atomic E-state index is 0.0818. The maximum Gasteiger partial charge on any atom is 0.339 e. The topological polar surface area (TPSA) is 88.3 Å². The average Bonchev–Trinajstić information content (AvgIpc) is 2.83. The first-order valence-electron chi connectivity index (χ1n) is 4.57. The van der Waals surface area contributed by atoms with Gasteiger partial charge < -0.3 is 14.3 Å². The normalized spacial score (nSPS) is 10.6. The Morgan fingerprint density at radius 1 is 1.62 bits per heavy atom. The van der Waals surface area contributed by atoms with Crippen LogP contribution in [0, 0.1) is 0 Å². The maximum atomic E-state index is 10.9. The third-order valence-corrected chi connectivity index (χ3v) is 2.06. The monoisotopic (exact) mass is 222 g/mol. The van der Waals surface area contributed by atoms with Crippen molar-refractivity contribution in [2.24, 2.45) is 0 Å². The lowest BCUT2D eigenvalue weighted by Crippen LogP contribution is -1.96. The summed E-state index contributed by atoms with van der Waals surface area (Å²) in [6.45, 7) is 0.344. The van der Waals surface area contributed by atoms with Crippen LogP contribution in [0.3, 0.4) is 0 Å². The summed E-state index contributed by atoms with van der Waals surface area (Å²) in [6.07, 6.45) is 1.25. The molecule has 2 aromatic rings. The number of carboxylic acids is 1. The second-order valence-electron chi connectivity index (χ2n) is 3.16. The van der Waals surface area contributed by atoms with E-state index in [0.717, 1.165) is 0 Å². The van der Waals surface area contributed by atoms with E-state index in [2.05, 4.69) is 10.2 Å². The van der Waals surface area contributed by atoms with Gasteiger partial charge in [0, 0.05) is 7.11 Å². The van der Waals surface area contributed by atoms with Crippen molar-refractivity contribution >= 4 is 5.97 Å². The van der Waals surface area contributed by atoms with Crippen LogP contribution in [0.5, 0.6) is 0 Å². The SMILES string of the molecule is COCc1ccc(-c2[nH]ncc2C(=O)O)o1. The maximum absolute atomic E-state index is 10.9. The second-order valence-corrected chi connectivity index (χ2v) is 3.16. The number of nitrogens with zero attached hydrogens (tertiary/aromatic N) is 1. The van der Waals surface area contributed by atoms with Crippen LogP contribution in [0.2, 0.25) is 0 Å². The highest BCUT2D eigenvalue weighted by Gasteiger charge is 2.16. The lowest BCUT2D eigenvalue weighted by Gasteiger charge is -1.95. The Balaban J connectivity index is 2.35. The van der Waals surface area contributed by atoms with Crippen LogP contribution in [-0.2, 0) is 11.3 Å². The number of H-pyrrole nitrogens is 1. The van der Waals surface area contributed by atoms with E-state index in [4.69, 9.17) is 14.3 Å². The summed E-state index contributed by atoms with van der Waals surface area (Å²) in [6, 6.07) is 3.40. The Kier molecular flexibility index (Phi) is 2.74. The standard InChI is InChI=1S/C10H10N2O4/c1-15-5-6-2-3-8(16-6)9-7(10(13)14)4-11-12-9/h2-4H,5H2,1H3,(H,11,12)(H,13,14). The number of methoxy groups -OCH3 is 1. The number of carboxylic acid groups (broad SMARTS) is 1. The summed E-state index contributed by atoms with van der Waals surface area (Å²) in [5.74, 6) is 0.0128. The van der Waals surface area contributed by atoms with Crippen molar-refractivity contribution in [2.45, 2.75) is 6.61 Å². The summed E-state index contributed by atoms with van der Waals surface area (Å²) in [7, 11) is 1.56. The van der Waals surface area contributed by atoms with E-state index in [0.29, 0.717) is 23.8 Å². The molecule has 84 valence electrons. The van der Waals surface area contributed by atoms with Gasteiger partial charge in [-0.25, -0.2) is 4.79 Å². The number of nitrogens with one attached hydrogen (secondary N) is 1. The van der Waals surface area contributed by atoms with Crippen molar-refractivity contribution in [3.63, 3.8) is 0 Å². The van der Waals surface area contributed by atoms with E-state index in [1.54, 1.807) is 19.2 Å². The lowest BCUT2D eigenvalue weighted by molar-refractivity contribution is 0.0697. The number of aromatic amines is 1. The molecule has 6 heteroatoms. The Morgan fingerprint density at radius 2 is 2.44 bits per heavy atom. The van der Waals surface area contributed by atoms with Gasteiger partial charge in [-0.3, -0.25) is 5.10 Å². The summed E-state index contributed by atoms with van der Waals surface area (Å²) in [4.78, 5) is 10.9.